The molecule has 0 aromatic heterocycles. The lowest BCUT2D eigenvalue weighted by atomic mass is 9.99. The zero-order valence-corrected chi connectivity index (χ0v) is 38.5. The van der Waals surface area contributed by atoms with Gasteiger partial charge in [0.05, 0.1) is 25.4 Å². The van der Waals surface area contributed by atoms with Gasteiger partial charge in [0.15, 0.2) is 6.29 Å². The number of nitrogens with one attached hydrogen (secondary N) is 1. The van der Waals surface area contributed by atoms with E-state index in [9.17, 15) is 30.3 Å². The first kappa shape index (κ1) is 55.9. The van der Waals surface area contributed by atoms with Crippen LogP contribution in [0.25, 0.3) is 0 Å². The summed E-state index contributed by atoms with van der Waals surface area (Å²) in [5.41, 5.74) is 0. The molecule has 7 atom stereocenters. The van der Waals surface area contributed by atoms with Gasteiger partial charge in [-0.2, -0.15) is 0 Å². The number of aliphatic hydroxyl groups is 5. The highest BCUT2D eigenvalue weighted by molar-refractivity contribution is 5.76. The van der Waals surface area contributed by atoms with E-state index in [0.717, 1.165) is 38.5 Å². The third kappa shape index (κ3) is 31.4. The Bertz CT molecular complexity index is 935. The number of ether oxygens (including phenoxy) is 2. The molecule has 9 heteroatoms. The Labute approximate surface area is 363 Å². The van der Waals surface area contributed by atoms with Crippen molar-refractivity contribution in [1.29, 1.82) is 0 Å². The van der Waals surface area contributed by atoms with Gasteiger partial charge in [-0.1, -0.05) is 212 Å². The number of hydrogen-bond donors (Lipinski definition) is 6. The minimum atomic E-state index is -1.55. The molecule has 6 N–H and O–H groups in total. The fourth-order valence-electron chi connectivity index (χ4n) is 8.27. The summed E-state index contributed by atoms with van der Waals surface area (Å²) >= 11 is 0. The van der Waals surface area contributed by atoms with Gasteiger partial charge in [-0.25, -0.2) is 0 Å². The lowest BCUT2D eigenvalue weighted by Crippen LogP contribution is -2.60. The van der Waals surface area contributed by atoms with Crippen LogP contribution in [0.2, 0.25) is 0 Å². The van der Waals surface area contributed by atoms with E-state index in [1.807, 2.05) is 0 Å². The molecule has 1 rings (SSSR count). The minimum absolute atomic E-state index is 0.136. The molecule has 1 aliphatic heterocycles. The van der Waals surface area contributed by atoms with Gasteiger partial charge in [0.1, 0.15) is 24.4 Å². The van der Waals surface area contributed by atoms with Crippen molar-refractivity contribution in [2.45, 2.75) is 288 Å². The van der Waals surface area contributed by atoms with Gasteiger partial charge in [0.25, 0.3) is 0 Å². The SMILES string of the molecule is CCCCCCCCCCCC/C=C\CCCCCCCCCC(=O)NC(COC1OC(CO)C(O)C(O)C1O)C(O)CCCCCCCCCCCCCCCCC. The summed E-state index contributed by atoms with van der Waals surface area (Å²) in [6.07, 6.45) is 40.8. The van der Waals surface area contributed by atoms with E-state index in [2.05, 4.69) is 31.3 Å². The van der Waals surface area contributed by atoms with Crippen molar-refractivity contribution in [2.75, 3.05) is 13.2 Å². The van der Waals surface area contributed by atoms with Crippen molar-refractivity contribution >= 4 is 5.91 Å². The maximum Gasteiger partial charge on any atom is 0.220 e. The number of allylic oxidation sites excluding steroid dienone is 2. The van der Waals surface area contributed by atoms with Crippen LogP contribution in [0.1, 0.15) is 245 Å². The predicted molar refractivity (Wildman–Crippen MR) is 244 cm³/mol. The van der Waals surface area contributed by atoms with E-state index in [1.54, 1.807) is 0 Å². The van der Waals surface area contributed by atoms with Gasteiger partial charge in [0.2, 0.25) is 5.91 Å². The summed E-state index contributed by atoms with van der Waals surface area (Å²) in [6.45, 7) is 3.85. The highest BCUT2D eigenvalue weighted by atomic mass is 16.7. The molecule has 0 radical (unpaired) electrons. The van der Waals surface area contributed by atoms with E-state index < -0.39 is 49.5 Å². The quantitative estimate of drug-likeness (QED) is 0.0263. The molecule has 7 unspecified atom stereocenters. The molecule has 0 aliphatic carbocycles. The molecule has 9 nitrogen and oxygen atoms in total. The summed E-state index contributed by atoms with van der Waals surface area (Å²) in [6, 6.07) is -0.717. The number of amides is 1. The molecule has 1 fully saturated rings. The van der Waals surface area contributed by atoms with Crippen molar-refractivity contribution in [1.82, 2.24) is 5.32 Å². The average molecular weight is 840 g/mol. The Morgan fingerprint density at radius 3 is 1.37 bits per heavy atom. The zero-order valence-electron chi connectivity index (χ0n) is 38.5. The summed E-state index contributed by atoms with van der Waals surface area (Å²) in [7, 11) is 0. The standard InChI is InChI=1S/C50H97NO8/c1-3-5-7-9-11-13-15-17-19-20-21-22-23-24-26-28-30-32-34-36-38-40-46(54)51-43(42-58-50-49(57)48(56)47(55)45(41-52)59-50)44(53)39-37-35-33-31-29-27-25-18-16-14-12-10-8-6-4-2/h22-23,43-45,47-50,52-53,55-57H,3-21,24-42H2,1-2H3,(H,51,54)/b23-22-. The Kier molecular flexibility index (Phi) is 38.9. The summed E-state index contributed by atoms with van der Waals surface area (Å²) in [5, 5.41) is 54.5. The van der Waals surface area contributed by atoms with Crippen LogP contribution in [-0.4, -0.2) is 87.5 Å². The smallest absolute Gasteiger partial charge is 0.220 e. The summed E-state index contributed by atoms with van der Waals surface area (Å²) in [5.74, 6) is -0.146. The minimum Gasteiger partial charge on any atom is -0.394 e. The van der Waals surface area contributed by atoms with E-state index in [0.29, 0.717) is 12.8 Å². The van der Waals surface area contributed by atoms with Crippen molar-refractivity contribution in [3.05, 3.63) is 12.2 Å². The van der Waals surface area contributed by atoms with Crippen molar-refractivity contribution < 1.29 is 39.8 Å². The van der Waals surface area contributed by atoms with Crippen molar-refractivity contribution in [3.63, 3.8) is 0 Å². The first-order chi connectivity index (χ1) is 28.8. The summed E-state index contributed by atoms with van der Waals surface area (Å²) in [4.78, 5) is 13.0. The van der Waals surface area contributed by atoms with Crippen molar-refractivity contribution in [2.24, 2.45) is 0 Å². The van der Waals surface area contributed by atoms with Crippen LogP contribution in [0.5, 0.6) is 0 Å². The van der Waals surface area contributed by atoms with Gasteiger partial charge < -0.3 is 40.3 Å². The van der Waals surface area contributed by atoms with E-state index >= 15 is 0 Å². The Morgan fingerprint density at radius 2 is 0.949 bits per heavy atom. The Hall–Kier alpha value is -1.07. The van der Waals surface area contributed by atoms with Crippen LogP contribution in [0.4, 0.5) is 0 Å². The second kappa shape index (κ2) is 41.0. The fourth-order valence-corrected chi connectivity index (χ4v) is 8.27. The number of unbranched alkanes of at least 4 members (excludes halogenated alkanes) is 31. The highest BCUT2D eigenvalue weighted by Gasteiger charge is 2.44. The van der Waals surface area contributed by atoms with Crippen LogP contribution >= 0.6 is 0 Å². The number of carbonyl (C=O) groups is 1. The Morgan fingerprint density at radius 1 is 0.559 bits per heavy atom. The second-order valence-electron chi connectivity index (χ2n) is 18.0. The van der Waals surface area contributed by atoms with Gasteiger partial charge in [-0.3, -0.25) is 4.79 Å². The maximum atomic E-state index is 13.0. The van der Waals surface area contributed by atoms with Crippen LogP contribution < -0.4 is 5.32 Å². The number of rotatable bonds is 43. The van der Waals surface area contributed by atoms with Crippen LogP contribution in [0, 0.1) is 0 Å². The average Bonchev–Trinajstić information content (AvgIpc) is 3.23. The first-order valence-electron chi connectivity index (χ1n) is 25.4. The van der Waals surface area contributed by atoms with Crippen LogP contribution in [0.3, 0.4) is 0 Å². The molecule has 350 valence electrons. The monoisotopic (exact) mass is 840 g/mol. The molecule has 0 saturated carbocycles. The normalized spacial score (nSPS) is 20.7. The molecular weight excluding hydrogens is 743 g/mol. The highest BCUT2D eigenvalue weighted by Crippen LogP contribution is 2.23. The lowest BCUT2D eigenvalue weighted by Gasteiger charge is -2.40. The van der Waals surface area contributed by atoms with Gasteiger partial charge in [-0.05, 0) is 38.5 Å². The van der Waals surface area contributed by atoms with Gasteiger partial charge in [0, 0.05) is 6.42 Å². The molecular formula is C50H97NO8. The second-order valence-corrected chi connectivity index (χ2v) is 18.0. The van der Waals surface area contributed by atoms with Gasteiger partial charge >= 0.3 is 0 Å². The van der Waals surface area contributed by atoms with E-state index in [-0.39, 0.29) is 12.5 Å². The van der Waals surface area contributed by atoms with Crippen LogP contribution in [-0.2, 0) is 14.3 Å². The molecule has 0 aromatic carbocycles. The van der Waals surface area contributed by atoms with Gasteiger partial charge in [-0.15, -0.1) is 0 Å². The number of carbonyl (C=O) groups excluding carboxylic acids is 1. The Balaban J connectivity index is 2.26. The fraction of sp³-hybridized carbons (Fsp3) is 0.940. The third-order valence-electron chi connectivity index (χ3n) is 12.4. The predicted octanol–water partition coefficient (Wildman–Crippen LogP) is 11.3. The molecule has 59 heavy (non-hydrogen) atoms. The van der Waals surface area contributed by atoms with E-state index in [1.165, 1.54) is 180 Å². The molecule has 1 aliphatic rings. The first-order valence-corrected chi connectivity index (χ1v) is 25.4. The topological polar surface area (TPSA) is 149 Å². The number of aliphatic hydroxyl groups excluding tert-OH is 5. The molecule has 0 bridgehead atoms. The molecule has 1 heterocycles. The summed E-state index contributed by atoms with van der Waals surface area (Å²) < 4.78 is 11.3. The third-order valence-corrected chi connectivity index (χ3v) is 12.4. The number of hydrogen-bond acceptors (Lipinski definition) is 8. The van der Waals surface area contributed by atoms with Crippen molar-refractivity contribution in [3.8, 4) is 0 Å². The largest absolute Gasteiger partial charge is 0.394 e. The zero-order chi connectivity index (χ0) is 43.0. The molecule has 0 aromatic rings. The maximum absolute atomic E-state index is 13.0. The molecule has 1 saturated heterocycles. The molecule has 0 spiro atoms. The van der Waals surface area contributed by atoms with Crippen LogP contribution in [0.15, 0.2) is 12.2 Å². The lowest BCUT2D eigenvalue weighted by molar-refractivity contribution is -0.302. The molecule has 1 amide bonds. The van der Waals surface area contributed by atoms with E-state index in [4.69, 9.17) is 9.47 Å².